The summed E-state index contributed by atoms with van der Waals surface area (Å²) in [6.45, 7) is 9.57. The lowest BCUT2D eigenvalue weighted by Crippen LogP contribution is -2.23. The second-order valence-corrected chi connectivity index (χ2v) is 5.53. The first kappa shape index (κ1) is 13.1. The molecule has 2 rings (SSSR count). The maximum Gasteiger partial charge on any atom is 0.123 e. The fraction of sp³-hybridized carbons (Fsp3) is 0.533. The van der Waals surface area contributed by atoms with Gasteiger partial charge in [0, 0.05) is 13.1 Å². The van der Waals surface area contributed by atoms with Gasteiger partial charge in [-0.3, -0.25) is 0 Å². The summed E-state index contributed by atoms with van der Waals surface area (Å²) in [5.41, 5.74) is 3.68. The van der Waals surface area contributed by atoms with Crippen molar-refractivity contribution in [3.05, 3.63) is 29.6 Å². The summed E-state index contributed by atoms with van der Waals surface area (Å²) < 4.78 is 2.19. The van der Waals surface area contributed by atoms with Crippen molar-refractivity contribution in [2.45, 2.75) is 46.2 Å². The third-order valence-electron chi connectivity index (χ3n) is 3.33. The fourth-order valence-electron chi connectivity index (χ4n) is 2.07. The number of benzene rings is 1. The van der Waals surface area contributed by atoms with Crippen LogP contribution in [0.4, 0.5) is 0 Å². The standard InChI is InChI=1S/C15H23N3/c1-10(2)12-6-7-13-14(8-12)18(5)15(17-13)9-16-11(3)4/h6-8,10-11,16H,9H2,1-5H3. The van der Waals surface area contributed by atoms with Crippen molar-refractivity contribution in [1.29, 1.82) is 0 Å². The van der Waals surface area contributed by atoms with Crippen molar-refractivity contribution in [3.63, 3.8) is 0 Å². The van der Waals surface area contributed by atoms with Gasteiger partial charge in [0.2, 0.25) is 0 Å². The Labute approximate surface area is 109 Å². The maximum atomic E-state index is 4.69. The molecule has 0 spiro atoms. The van der Waals surface area contributed by atoms with Crippen LogP contribution in [0.2, 0.25) is 0 Å². The van der Waals surface area contributed by atoms with Crippen LogP contribution in [0.25, 0.3) is 11.0 Å². The minimum Gasteiger partial charge on any atom is -0.330 e. The summed E-state index contributed by atoms with van der Waals surface area (Å²) >= 11 is 0. The smallest absolute Gasteiger partial charge is 0.123 e. The van der Waals surface area contributed by atoms with E-state index in [9.17, 15) is 0 Å². The summed E-state index contributed by atoms with van der Waals surface area (Å²) in [7, 11) is 2.09. The molecule has 0 amide bonds. The number of hydrogen-bond acceptors (Lipinski definition) is 2. The van der Waals surface area contributed by atoms with Crippen molar-refractivity contribution in [2.75, 3.05) is 0 Å². The maximum absolute atomic E-state index is 4.69. The highest BCUT2D eigenvalue weighted by Gasteiger charge is 2.09. The van der Waals surface area contributed by atoms with Crippen molar-refractivity contribution in [3.8, 4) is 0 Å². The van der Waals surface area contributed by atoms with Crippen molar-refractivity contribution >= 4 is 11.0 Å². The highest BCUT2D eigenvalue weighted by Crippen LogP contribution is 2.21. The number of rotatable bonds is 4. The molecule has 1 heterocycles. The zero-order chi connectivity index (χ0) is 13.3. The lowest BCUT2D eigenvalue weighted by atomic mass is 10.0. The normalized spacial score (nSPS) is 11.9. The van der Waals surface area contributed by atoms with Gasteiger partial charge < -0.3 is 9.88 Å². The molecule has 0 saturated heterocycles. The Kier molecular flexibility index (Phi) is 3.71. The van der Waals surface area contributed by atoms with Gasteiger partial charge in [-0.05, 0) is 23.6 Å². The molecule has 0 saturated carbocycles. The van der Waals surface area contributed by atoms with Gasteiger partial charge in [0.15, 0.2) is 0 Å². The van der Waals surface area contributed by atoms with Gasteiger partial charge in [-0.15, -0.1) is 0 Å². The molecular formula is C15H23N3. The molecule has 1 aromatic carbocycles. The van der Waals surface area contributed by atoms with Crippen LogP contribution in [0.15, 0.2) is 18.2 Å². The van der Waals surface area contributed by atoms with Gasteiger partial charge in [0.1, 0.15) is 5.82 Å². The summed E-state index contributed by atoms with van der Waals surface area (Å²) in [5, 5.41) is 3.42. The van der Waals surface area contributed by atoms with E-state index in [2.05, 4.69) is 67.8 Å². The number of nitrogens with one attached hydrogen (secondary N) is 1. The van der Waals surface area contributed by atoms with Gasteiger partial charge in [-0.1, -0.05) is 33.8 Å². The Balaban J connectivity index is 2.37. The third-order valence-corrected chi connectivity index (χ3v) is 3.33. The van der Waals surface area contributed by atoms with E-state index in [1.165, 1.54) is 11.1 Å². The Morgan fingerprint density at radius 1 is 1.22 bits per heavy atom. The summed E-state index contributed by atoms with van der Waals surface area (Å²) in [5.74, 6) is 1.65. The topological polar surface area (TPSA) is 29.9 Å². The van der Waals surface area contributed by atoms with Crippen molar-refractivity contribution in [2.24, 2.45) is 7.05 Å². The van der Waals surface area contributed by atoms with E-state index >= 15 is 0 Å². The first-order chi connectivity index (χ1) is 8.49. The summed E-state index contributed by atoms with van der Waals surface area (Å²) in [6.07, 6.45) is 0. The monoisotopic (exact) mass is 245 g/mol. The average molecular weight is 245 g/mol. The Hall–Kier alpha value is -1.35. The minimum absolute atomic E-state index is 0.482. The lowest BCUT2D eigenvalue weighted by molar-refractivity contribution is 0.563. The zero-order valence-corrected chi connectivity index (χ0v) is 12.0. The van der Waals surface area contributed by atoms with Crippen LogP contribution in [-0.4, -0.2) is 15.6 Å². The van der Waals surface area contributed by atoms with E-state index in [1.807, 2.05) is 0 Å². The fourth-order valence-corrected chi connectivity index (χ4v) is 2.07. The largest absolute Gasteiger partial charge is 0.330 e. The van der Waals surface area contributed by atoms with E-state index < -0.39 is 0 Å². The number of hydrogen-bond donors (Lipinski definition) is 1. The van der Waals surface area contributed by atoms with Crippen molar-refractivity contribution < 1.29 is 0 Å². The van der Waals surface area contributed by atoms with Gasteiger partial charge in [-0.2, -0.15) is 0 Å². The Bertz CT molecular complexity index is 538. The molecule has 0 bridgehead atoms. The average Bonchev–Trinajstić information content (AvgIpc) is 2.63. The van der Waals surface area contributed by atoms with Crippen LogP contribution in [0.3, 0.4) is 0 Å². The molecule has 2 aromatic rings. The molecule has 0 aliphatic carbocycles. The molecule has 3 nitrogen and oxygen atoms in total. The predicted octanol–water partition coefficient (Wildman–Crippen LogP) is 3.19. The molecule has 1 N–H and O–H groups in total. The van der Waals surface area contributed by atoms with Gasteiger partial charge >= 0.3 is 0 Å². The van der Waals surface area contributed by atoms with E-state index in [4.69, 9.17) is 0 Å². The van der Waals surface area contributed by atoms with Gasteiger partial charge in [0.05, 0.1) is 17.6 Å². The van der Waals surface area contributed by atoms with Gasteiger partial charge in [0.25, 0.3) is 0 Å². The van der Waals surface area contributed by atoms with E-state index in [0.717, 1.165) is 17.9 Å². The predicted molar refractivity (Wildman–Crippen MR) is 76.8 cm³/mol. The molecule has 0 unspecified atom stereocenters. The van der Waals surface area contributed by atoms with Crippen LogP contribution in [0.1, 0.15) is 45.0 Å². The molecule has 98 valence electrons. The second-order valence-electron chi connectivity index (χ2n) is 5.53. The molecule has 0 radical (unpaired) electrons. The third kappa shape index (κ3) is 2.56. The Morgan fingerprint density at radius 2 is 1.94 bits per heavy atom. The lowest BCUT2D eigenvalue weighted by Gasteiger charge is -2.08. The minimum atomic E-state index is 0.482. The van der Waals surface area contributed by atoms with Crippen LogP contribution < -0.4 is 5.32 Å². The van der Waals surface area contributed by atoms with Crippen LogP contribution in [-0.2, 0) is 13.6 Å². The summed E-state index contributed by atoms with van der Waals surface area (Å²) in [4.78, 5) is 4.69. The molecule has 3 heteroatoms. The number of imidazole rings is 1. The quantitative estimate of drug-likeness (QED) is 0.896. The molecular weight excluding hydrogens is 222 g/mol. The SMILES string of the molecule is CC(C)NCc1nc2ccc(C(C)C)cc2n1C. The molecule has 0 aliphatic heterocycles. The van der Waals surface area contributed by atoms with Crippen LogP contribution in [0, 0.1) is 0 Å². The van der Waals surface area contributed by atoms with Crippen LogP contribution >= 0.6 is 0 Å². The van der Waals surface area contributed by atoms with Crippen molar-refractivity contribution in [1.82, 2.24) is 14.9 Å². The van der Waals surface area contributed by atoms with E-state index in [1.54, 1.807) is 0 Å². The number of nitrogens with zero attached hydrogens (tertiary/aromatic N) is 2. The number of aromatic nitrogens is 2. The molecule has 0 aliphatic rings. The highest BCUT2D eigenvalue weighted by molar-refractivity contribution is 5.77. The molecule has 18 heavy (non-hydrogen) atoms. The first-order valence-electron chi connectivity index (χ1n) is 6.67. The van der Waals surface area contributed by atoms with Crippen LogP contribution in [0.5, 0.6) is 0 Å². The second kappa shape index (κ2) is 5.11. The molecule has 0 fully saturated rings. The van der Waals surface area contributed by atoms with E-state index in [0.29, 0.717) is 12.0 Å². The number of fused-ring (bicyclic) bond motifs is 1. The number of aryl methyl sites for hydroxylation is 1. The van der Waals surface area contributed by atoms with Gasteiger partial charge in [-0.25, -0.2) is 4.98 Å². The highest BCUT2D eigenvalue weighted by atomic mass is 15.1. The van der Waals surface area contributed by atoms with E-state index in [-0.39, 0.29) is 0 Å². The zero-order valence-electron chi connectivity index (χ0n) is 12.0. The first-order valence-corrected chi connectivity index (χ1v) is 6.67. The molecule has 1 aromatic heterocycles. The summed E-state index contributed by atoms with van der Waals surface area (Å²) in [6, 6.07) is 7.05. The Morgan fingerprint density at radius 3 is 2.56 bits per heavy atom. The molecule has 0 atom stereocenters.